The molecule has 3 nitrogen and oxygen atoms in total. The van der Waals surface area contributed by atoms with E-state index in [0.717, 1.165) is 0 Å². The van der Waals surface area contributed by atoms with Crippen molar-refractivity contribution in [3.05, 3.63) is 0 Å². The lowest BCUT2D eigenvalue weighted by atomic mass is 10.2. The Morgan fingerprint density at radius 2 is 1.40 bits per heavy atom. The van der Waals surface area contributed by atoms with Crippen LogP contribution in [0.5, 0.6) is 0 Å². The summed E-state index contributed by atoms with van der Waals surface area (Å²) in [6.45, 7) is 16.3. The smallest absolute Gasteiger partial charge is 0.321 e. The molecule has 0 spiro atoms. The molecule has 92 valence electrons. The third kappa shape index (κ3) is 5.41. The van der Waals surface area contributed by atoms with E-state index in [9.17, 15) is 0 Å². The second kappa shape index (κ2) is 6.31. The molecule has 0 aromatic rings. The lowest BCUT2D eigenvalue weighted by Gasteiger charge is -2.37. The average Bonchev–Trinajstić information content (AvgIpc) is 2.02. The maximum Gasteiger partial charge on any atom is 0.321 e. The minimum atomic E-state index is -1.76. The summed E-state index contributed by atoms with van der Waals surface area (Å²) in [6.07, 6.45) is 0. The van der Waals surface area contributed by atoms with Gasteiger partial charge in [-0.2, -0.15) is 0 Å². The molecule has 0 rings (SSSR count). The standard InChI is InChI=1S/C10H25O3PSi/c1-8-11-14(12-9-2)13-15(6,7)10(3,4)5/h8-9H2,1-7H3. The molecule has 0 saturated carbocycles. The van der Waals surface area contributed by atoms with Gasteiger partial charge in [-0.15, -0.1) is 0 Å². The molecule has 0 fully saturated rings. The van der Waals surface area contributed by atoms with Crippen molar-refractivity contribution >= 4 is 16.9 Å². The summed E-state index contributed by atoms with van der Waals surface area (Å²) in [4.78, 5) is 0. The van der Waals surface area contributed by atoms with Gasteiger partial charge in [-0.3, -0.25) is 0 Å². The molecule has 15 heavy (non-hydrogen) atoms. The Bertz CT molecular complexity index is 174. The molecule has 0 aliphatic carbocycles. The molecule has 0 aromatic heterocycles. The van der Waals surface area contributed by atoms with Gasteiger partial charge in [0.15, 0.2) is 0 Å². The molecular weight excluding hydrogens is 227 g/mol. The summed E-state index contributed by atoms with van der Waals surface area (Å²) >= 11 is 0. The van der Waals surface area contributed by atoms with Crippen molar-refractivity contribution in [3.8, 4) is 0 Å². The van der Waals surface area contributed by atoms with E-state index in [4.69, 9.17) is 13.3 Å². The Hall–Kier alpha value is 0.527. The lowest BCUT2D eigenvalue weighted by molar-refractivity contribution is 0.216. The van der Waals surface area contributed by atoms with Crippen molar-refractivity contribution in [2.24, 2.45) is 0 Å². The first kappa shape index (κ1) is 15.5. The summed E-state index contributed by atoms with van der Waals surface area (Å²) in [5, 5.41) is 0.196. The van der Waals surface area contributed by atoms with Gasteiger partial charge in [0.1, 0.15) is 0 Å². The summed E-state index contributed by atoms with van der Waals surface area (Å²) in [5.41, 5.74) is 0. The van der Waals surface area contributed by atoms with Gasteiger partial charge in [-0.05, 0) is 32.0 Å². The topological polar surface area (TPSA) is 27.7 Å². The molecule has 0 unspecified atom stereocenters. The van der Waals surface area contributed by atoms with Gasteiger partial charge in [0, 0.05) is 0 Å². The fourth-order valence-electron chi connectivity index (χ4n) is 0.624. The highest BCUT2D eigenvalue weighted by atomic mass is 31.2. The van der Waals surface area contributed by atoms with E-state index in [2.05, 4.69) is 33.9 Å². The molecule has 0 radical (unpaired) electrons. The third-order valence-electron chi connectivity index (χ3n) is 2.58. The van der Waals surface area contributed by atoms with Crippen LogP contribution in [-0.4, -0.2) is 21.5 Å². The van der Waals surface area contributed by atoms with Crippen molar-refractivity contribution < 1.29 is 13.3 Å². The molecule has 0 amide bonds. The zero-order valence-electron chi connectivity index (χ0n) is 11.1. The lowest BCUT2D eigenvalue weighted by Crippen LogP contribution is -2.39. The first-order chi connectivity index (χ1) is 6.74. The first-order valence-corrected chi connectivity index (χ1v) is 9.50. The van der Waals surface area contributed by atoms with Gasteiger partial charge in [0.2, 0.25) is 8.32 Å². The second-order valence-electron chi connectivity index (χ2n) is 4.91. The molecule has 0 atom stereocenters. The zero-order chi connectivity index (χ0) is 12.1. The van der Waals surface area contributed by atoms with Crippen LogP contribution in [0.3, 0.4) is 0 Å². The van der Waals surface area contributed by atoms with E-state index in [1.807, 2.05) is 13.8 Å². The minimum Gasteiger partial charge on any atom is -0.354 e. The van der Waals surface area contributed by atoms with Crippen molar-refractivity contribution in [1.82, 2.24) is 0 Å². The van der Waals surface area contributed by atoms with Crippen LogP contribution in [0.15, 0.2) is 0 Å². The maximum absolute atomic E-state index is 6.04. The predicted molar refractivity (Wildman–Crippen MR) is 68.5 cm³/mol. The maximum atomic E-state index is 6.04. The van der Waals surface area contributed by atoms with Crippen molar-refractivity contribution in [2.45, 2.75) is 52.8 Å². The summed E-state index contributed by atoms with van der Waals surface area (Å²) < 4.78 is 17.0. The van der Waals surface area contributed by atoms with Crippen LogP contribution in [0.25, 0.3) is 0 Å². The largest absolute Gasteiger partial charge is 0.354 e. The Kier molecular flexibility index (Phi) is 6.53. The summed E-state index contributed by atoms with van der Waals surface area (Å²) in [6, 6.07) is 0. The first-order valence-electron chi connectivity index (χ1n) is 5.49. The SMILES string of the molecule is CCOP(OCC)O[Si](C)(C)C(C)(C)C. The number of hydrogen-bond acceptors (Lipinski definition) is 3. The van der Waals surface area contributed by atoms with Gasteiger partial charge in [0.05, 0.1) is 13.2 Å². The highest BCUT2D eigenvalue weighted by Crippen LogP contribution is 2.49. The quantitative estimate of drug-likeness (QED) is 0.521. The highest BCUT2D eigenvalue weighted by molar-refractivity contribution is 7.43. The Balaban J connectivity index is 4.37. The summed E-state index contributed by atoms with van der Waals surface area (Å²) in [5.74, 6) is 0. The van der Waals surface area contributed by atoms with Crippen LogP contribution in [0.1, 0.15) is 34.6 Å². The van der Waals surface area contributed by atoms with Crippen LogP contribution in [0.4, 0.5) is 0 Å². The van der Waals surface area contributed by atoms with Crippen molar-refractivity contribution in [1.29, 1.82) is 0 Å². The fourth-order valence-corrected chi connectivity index (χ4v) is 4.13. The Labute approximate surface area is 96.6 Å². The summed E-state index contributed by atoms with van der Waals surface area (Å²) in [7, 11) is -2.92. The van der Waals surface area contributed by atoms with Crippen LogP contribution in [-0.2, 0) is 13.3 Å². The third-order valence-corrected chi connectivity index (χ3v) is 9.55. The van der Waals surface area contributed by atoms with Gasteiger partial charge in [-0.1, -0.05) is 20.8 Å². The molecule has 0 bridgehead atoms. The van der Waals surface area contributed by atoms with Crippen LogP contribution >= 0.6 is 8.60 Å². The van der Waals surface area contributed by atoms with Gasteiger partial charge in [0.25, 0.3) is 0 Å². The Morgan fingerprint density at radius 3 is 1.67 bits per heavy atom. The molecule has 0 aliphatic heterocycles. The van der Waals surface area contributed by atoms with Crippen molar-refractivity contribution in [3.63, 3.8) is 0 Å². The zero-order valence-corrected chi connectivity index (χ0v) is 13.0. The van der Waals surface area contributed by atoms with E-state index < -0.39 is 16.9 Å². The molecule has 0 N–H and O–H groups in total. The predicted octanol–water partition coefficient (Wildman–Crippen LogP) is 4.31. The average molecular weight is 252 g/mol. The fraction of sp³-hybridized carbons (Fsp3) is 1.00. The van der Waals surface area contributed by atoms with E-state index in [1.54, 1.807) is 0 Å². The molecule has 0 saturated heterocycles. The van der Waals surface area contributed by atoms with Gasteiger partial charge in [-0.25, -0.2) is 0 Å². The van der Waals surface area contributed by atoms with Crippen LogP contribution < -0.4 is 0 Å². The van der Waals surface area contributed by atoms with E-state index >= 15 is 0 Å². The second-order valence-corrected chi connectivity index (χ2v) is 11.1. The number of rotatable bonds is 6. The van der Waals surface area contributed by atoms with Gasteiger partial charge >= 0.3 is 8.60 Å². The molecule has 0 heterocycles. The normalized spacial score (nSPS) is 13.6. The van der Waals surface area contributed by atoms with Gasteiger partial charge < -0.3 is 13.3 Å². The molecular formula is C10H25O3PSi. The van der Waals surface area contributed by atoms with E-state index in [0.29, 0.717) is 13.2 Å². The monoisotopic (exact) mass is 252 g/mol. The van der Waals surface area contributed by atoms with Crippen LogP contribution in [0, 0.1) is 0 Å². The Morgan fingerprint density at radius 1 is 1.00 bits per heavy atom. The molecule has 5 heteroatoms. The van der Waals surface area contributed by atoms with E-state index in [-0.39, 0.29) is 5.04 Å². The molecule has 0 aliphatic rings. The van der Waals surface area contributed by atoms with Crippen LogP contribution in [0.2, 0.25) is 18.1 Å². The highest BCUT2D eigenvalue weighted by Gasteiger charge is 2.40. The van der Waals surface area contributed by atoms with Crippen molar-refractivity contribution in [2.75, 3.05) is 13.2 Å². The minimum absolute atomic E-state index is 0.196. The van der Waals surface area contributed by atoms with E-state index in [1.165, 1.54) is 0 Å². The molecule has 0 aromatic carbocycles. The number of hydrogen-bond donors (Lipinski definition) is 0.